The van der Waals surface area contributed by atoms with E-state index in [0.717, 1.165) is 5.56 Å². The average Bonchev–Trinajstić information content (AvgIpc) is 2.14. The smallest absolute Gasteiger partial charge is 0.302 e. The normalized spacial score (nSPS) is 13.9. The minimum atomic E-state index is -4.18. The number of halogens is 4. The van der Waals surface area contributed by atoms with Gasteiger partial charge >= 0.3 is 6.18 Å². The molecule has 0 spiro atoms. The molecule has 1 aromatic carbocycles. The van der Waals surface area contributed by atoms with Crippen LogP contribution in [0.2, 0.25) is 5.02 Å². The van der Waals surface area contributed by atoms with Gasteiger partial charge in [-0.15, -0.1) is 0 Å². The first-order chi connectivity index (χ1) is 6.88. The summed E-state index contributed by atoms with van der Waals surface area (Å²) in [6.07, 6.45) is -4.18. The third-order valence-electron chi connectivity index (χ3n) is 1.98. The van der Waals surface area contributed by atoms with Gasteiger partial charge in [-0.05, 0) is 24.6 Å². The molecule has 0 unspecified atom stereocenters. The number of alkyl halides is 3. The Balaban J connectivity index is 2.54. The fourth-order valence-electron chi connectivity index (χ4n) is 1.14. The SMILES string of the molecule is C[C@H](NCC(F)(F)F)c1ccc(Cl)cc1. The van der Waals surface area contributed by atoms with Crippen molar-refractivity contribution in [2.75, 3.05) is 6.54 Å². The summed E-state index contributed by atoms with van der Waals surface area (Å²) in [5.41, 5.74) is 0.781. The maximum atomic E-state index is 11.9. The quantitative estimate of drug-likeness (QED) is 0.848. The molecule has 0 heterocycles. The molecule has 0 saturated heterocycles. The Morgan fingerprint density at radius 2 is 1.80 bits per heavy atom. The molecule has 1 N–H and O–H groups in total. The highest BCUT2D eigenvalue weighted by molar-refractivity contribution is 6.30. The summed E-state index contributed by atoms with van der Waals surface area (Å²) in [6.45, 7) is 0.686. The average molecular weight is 238 g/mol. The Bertz CT molecular complexity index is 307. The molecule has 84 valence electrons. The number of nitrogens with one attached hydrogen (secondary N) is 1. The summed E-state index contributed by atoms with van der Waals surface area (Å²) in [6, 6.07) is 6.38. The lowest BCUT2D eigenvalue weighted by Gasteiger charge is -2.15. The lowest BCUT2D eigenvalue weighted by atomic mass is 10.1. The third kappa shape index (κ3) is 4.53. The molecular weight excluding hydrogens is 227 g/mol. The minimum absolute atomic E-state index is 0.344. The monoisotopic (exact) mass is 237 g/mol. The zero-order valence-electron chi connectivity index (χ0n) is 8.11. The molecule has 0 aliphatic heterocycles. The number of hydrogen-bond donors (Lipinski definition) is 1. The molecule has 0 amide bonds. The third-order valence-corrected chi connectivity index (χ3v) is 2.23. The van der Waals surface area contributed by atoms with E-state index in [2.05, 4.69) is 5.32 Å². The molecule has 1 rings (SSSR count). The van der Waals surface area contributed by atoms with Crippen molar-refractivity contribution in [3.63, 3.8) is 0 Å². The van der Waals surface area contributed by atoms with Gasteiger partial charge < -0.3 is 5.32 Å². The number of rotatable bonds is 3. The highest BCUT2D eigenvalue weighted by atomic mass is 35.5. The van der Waals surface area contributed by atoms with Crippen LogP contribution in [0.25, 0.3) is 0 Å². The van der Waals surface area contributed by atoms with Crippen molar-refractivity contribution in [1.29, 1.82) is 0 Å². The van der Waals surface area contributed by atoms with Gasteiger partial charge in [-0.1, -0.05) is 23.7 Å². The van der Waals surface area contributed by atoms with Crippen molar-refractivity contribution in [1.82, 2.24) is 5.32 Å². The minimum Gasteiger partial charge on any atom is -0.302 e. The van der Waals surface area contributed by atoms with Crippen LogP contribution in [-0.2, 0) is 0 Å². The molecule has 0 saturated carbocycles. The van der Waals surface area contributed by atoms with Crippen molar-refractivity contribution in [2.24, 2.45) is 0 Å². The van der Waals surface area contributed by atoms with E-state index in [-0.39, 0.29) is 6.04 Å². The summed E-state index contributed by atoms with van der Waals surface area (Å²) in [5.74, 6) is 0. The zero-order valence-corrected chi connectivity index (χ0v) is 8.86. The summed E-state index contributed by atoms with van der Waals surface area (Å²) < 4.78 is 35.7. The predicted molar refractivity (Wildman–Crippen MR) is 53.9 cm³/mol. The zero-order chi connectivity index (χ0) is 11.5. The molecule has 15 heavy (non-hydrogen) atoms. The van der Waals surface area contributed by atoms with Crippen LogP contribution in [0.1, 0.15) is 18.5 Å². The fraction of sp³-hybridized carbons (Fsp3) is 0.400. The van der Waals surface area contributed by atoms with Gasteiger partial charge in [-0.3, -0.25) is 0 Å². The predicted octanol–water partition coefficient (Wildman–Crippen LogP) is 3.55. The van der Waals surface area contributed by atoms with Crippen LogP contribution in [0.15, 0.2) is 24.3 Å². The molecule has 0 bridgehead atoms. The first kappa shape index (κ1) is 12.3. The van der Waals surface area contributed by atoms with Crippen molar-refractivity contribution in [3.05, 3.63) is 34.9 Å². The Labute approximate surface area is 91.2 Å². The van der Waals surface area contributed by atoms with Gasteiger partial charge in [-0.2, -0.15) is 13.2 Å². The van der Waals surface area contributed by atoms with E-state index in [1.807, 2.05) is 0 Å². The van der Waals surface area contributed by atoms with E-state index in [1.165, 1.54) is 0 Å². The van der Waals surface area contributed by atoms with Gasteiger partial charge in [0.1, 0.15) is 0 Å². The second-order valence-corrected chi connectivity index (χ2v) is 3.71. The Kier molecular flexibility index (Phi) is 3.99. The van der Waals surface area contributed by atoms with E-state index >= 15 is 0 Å². The van der Waals surface area contributed by atoms with Crippen LogP contribution in [0.5, 0.6) is 0 Å². The second kappa shape index (κ2) is 4.86. The van der Waals surface area contributed by atoms with Crippen LogP contribution in [-0.4, -0.2) is 12.7 Å². The van der Waals surface area contributed by atoms with E-state index in [9.17, 15) is 13.2 Å². The lowest BCUT2D eigenvalue weighted by Crippen LogP contribution is -2.30. The summed E-state index contributed by atoms with van der Waals surface area (Å²) in [7, 11) is 0. The molecule has 0 fully saturated rings. The van der Waals surface area contributed by atoms with Crippen LogP contribution < -0.4 is 5.32 Å². The molecule has 5 heteroatoms. The molecular formula is C10H11ClF3N. The molecule has 0 aliphatic carbocycles. The molecule has 1 nitrogen and oxygen atoms in total. The van der Waals surface area contributed by atoms with Crippen molar-refractivity contribution < 1.29 is 13.2 Å². The van der Waals surface area contributed by atoms with Gasteiger partial charge in [0.15, 0.2) is 0 Å². The summed E-state index contributed by atoms with van der Waals surface area (Å²) in [5, 5.41) is 2.96. The highest BCUT2D eigenvalue weighted by Crippen LogP contribution is 2.18. The van der Waals surface area contributed by atoms with Crippen LogP contribution in [0, 0.1) is 0 Å². The molecule has 0 aromatic heterocycles. The topological polar surface area (TPSA) is 12.0 Å². The Hall–Kier alpha value is -0.740. The lowest BCUT2D eigenvalue weighted by molar-refractivity contribution is -0.126. The summed E-state index contributed by atoms with van der Waals surface area (Å²) in [4.78, 5) is 0. The van der Waals surface area contributed by atoms with Gasteiger partial charge in [0.25, 0.3) is 0 Å². The maximum Gasteiger partial charge on any atom is 0.401 e. The highest BCUT2D eigenvalue weighted by Gasteiger charge is 2.27. The fourth-order valence-corrected chi connectivity index (χ4v) is 1.26. The van der Waals surface area contributed by atoms with Crippen molar-refractivity contribution in [2.45, 2.75) is 19.1 Å². The van der Waals surface area contributed by atoms with Gasteiger partial charge in [0, 0.05) is 11.1 Å². The van der Waals surface area contributed by atoms with E-state index in [1.54, 1.807) is 31.2 Å². The van der Waals surface area contributed by atoms with Crippen LogP contribution >= 0.6 is 11.6 Å². The molecule has 1 atom stereocenters. The first-order valence-corrected chi connectivity index (χ1v) is 4.82. The molecule has 0 aliphatic rings. The standard InChI is InChI=1S/C10H11ClF3N/c1-7(15-6-10(12,13)14)8-2-4-9(11)5-3-8/h2-5,7,15H,6H2,1H3/t7-/m0/s1. The first-order valence-electron chi connectivity index (χ1n) is 4.44. The summed E-state index contributed by atoms with van der Waals surface area (Å²) >= 11 is 5.67. The van der Waals surface area contributed by atoms with E-state index in [4.69, 9.17) is 11.6 Å². The number of benzene rings is 1. The largest absolute Gasteiger partial charge is 0.401 e. The second-order valence-electron chi connectivity index (χ2n) is 3.27. The number of hydrogen-bond acceptors (Lipinski definition) is 1. The maximum absolute atomic E-state index is 11.9. The van der Waals surface area contributed by atoms with Gasteiger partial charge in [0.2, 0.25) is 0 Å². The van der Waals surface area contributed by atoms with Crippen LogP contribution in [0.3, 0.4) is 0 Å². The van der Waals surface area contributed by atoms with E-state index in [0.29, 0.717) is 5.02 Å². The van der Waals surface area contributed by atoms with Crippen LogP contribution in [0.4, 0.5) is 13.2 Å². The van der Waals surface area contributed by atoms with Crippen molar-refractivity contribution >= 4 is 11.6 Å². The Morgan fingerprint density at radius 3 is 2.27 bits per heavy atom. The molecule has 0 radical (unpaired) electrons. The van der Waals surface area contributed by atoms with Gasteiger partial charge in [0.05, 0.1) is 6.54 Å². The van der Waals surface area contributed by atoms with Gasteiger partial charge in [-0.25, -0.2) is 0 Å². The molecule has 1 aromatic rings. The Morgan fingerprint density at radius 1 is 1.27 bits per heavy atom. The van der Waals surface area contributed by atoms with E-state index < -0.39 is 12.7 Å². The van der Waals surface area contributed by atoms with Crippen molar-refractivity contribution in [3.8, 4) is 0 Å².